The van der Waals surface area contributed by atoms with Gasteiger partial charge in [-0.15, -0.1) is 0 Å². The van der Waals surface area contributed by atoms with E-state index in [1.807, 2.05) is 24.3 Å². The zero-order chi connectivity index (χ0) is 15.1. The van der Waals surface area contributed by atoms with Crippen LogP contribution in [0.3, 0.4) is 0 Å². The number of amides is 1. The Morgan fingerprint density at radius 1 is 1.29 bits per heavy atom. The average Bonchev–Trinajstić information content (AvgIpc) is 2.49. The van der Waals surface area contributed by atoms with E-state index in [1.54, 1.807) is 18.6 Å². The molecule has 0 unspecified atom stereocenters. The van der Waals surface area contributed by atoms with E-state index in [-0.39, 0.29) is 12.3 Å². The van der Waals surface area contributed by atoms with Crippen LogP contribution < -0.4 is 5.43 Å². The Morgan fingerprint density at radius 3 is 2.67 bits per heavy atom. The second kappa shape index (κ2) is 7.33. The van der Waals surface area contributed by atoms with E-state index in [1.165, 1.54) is 5.56 Å². The number of nitrogens with zero attached hydrogens (tertiary/aromatic N) is 2. The zero-order valence-corrected chi connectivity index (χ0v) is 12.3. The predicted octanol–water partition coefficient (Wildman–Crippen LogP) is 2.90. The minimum atomic E-state index is -0.155. The maximum Gasteiger partial charge on any atom is 0.244 e. The van der Waals surface area contributed by atoms with Crippen molar-refractivity contribution in [3.05, 3.63) is 65.5 Å². The molecule has 2 rings (SSSR count). The Bertz CT molecular complexity index is 604. The molecule has 0 fully saturated rings. The summed E-state index contributed by atoms with van der Waals surface area (Å²) in [5.74, 6) is 0.355. The van der Waals surface area contributed by atoms with E-state index in [0.717, 1.165) is 11.1 Å². The SMILES string of the molecule is CC(C)c1ccc(/C=N/NC(=O)Cc2cccnc2)cc1. The molecule has 0 saturated heterocycles. The molecule has 1 aromatic carbocycles. The first-order chi connectivity index (χ1) is 10.1. The number of hydrogen-bond acceptors (Lipinski definition) is 3. The van der Waals surface area contributed by atoms with E-state index < -0.39 is 0 Å². The molecule has 0 radical (unpaired) electrons. The molecule has 0 saturated carbocycles. The fourth-order valence-corrected chi connectivity index (χ4v) is 1.87. The van der Waals surface area contributed by atoms with Crippen LogP contribution in [0.4, 0.5) is 0 Å². The summed E-state index contributed by atoms with van der Waals surface area (Å²) in [6, 6.07) is 11.8. The van der Waals surface area contributed by atoms with Gasteiger partial charge in [-0.05, 0) is 28.7 Å². The van der Waals surface area contributed by atoms with Gasteiger partial charge in [0.15, 0.2) is 0 Å². The minimum absolute atomic E-state index is 0.155. The summed E-state index contributed by atoms with van der Waals surface area (Å²) in [5.41, 5.74) is 5.63. The molecule has 1 amide bonds. The number of carbonyl (C=O) groups excluding carboxylic acids is 1. The highest BCUT2D eigenvalue weighted by Crippen LogP contribution is 2.13. The first kappa shape index (κ1) is 14.9. The third-order valence-electron chi connectivity index (χ3n) is 3.09. The molecule has 0 spiro atoms. The zero-order valence-electron chi connectivity index (χ0n) is 12.3. The van der Waals surface area contributed by atoms with Crippen LogP contribution in [0, 0.1) is 0 Å². The number of benzene rings is 1. The predicted molar refractivity (Wildman–Crippen MR) is 84.2 cm³/mol. The maximum absolute atomic E-state index is 11.7. The number of nitrogens with one attached hydrogen (secondary N) is 1. The molecule has 0 aliphatic rings. The third-order valence-corrected chi connectivity index (χ3v) is 3.09. The van der Waals surface area contributed by atoms with Crippen molar-refractivity contribution in [3.8, 4) is 0 Å². The van der Waals surface area contributed by atoms with Crippen LogP contribution in [0.5, 0.6) is 0 Å². The second-order valence-electron chi connectivity index (χ2n) is 5.15. The molecular formula is C17H19N3O. The Hall–Kier alpha value is -2.49. The van der Waals surface area contributed by atoms with Gasteiger partial charge in [0.1, 0.15) is 0 Å². The Morgan fingerprint density at radius 2 is 2.05 bits per heavy atom. The van der Waals surface area contributed by atoms with Gasteiger partial charge in [0, 0.05) is 12.4 Å². The van der Waals surface area contributed by atoms with Crippen molar-refractivity contribution in [2.45, 2.75) is 26.2 Å². The van der Waals surface area contributed by atoms with Gasteiger partial charge in [0.05, 0.1) is 12.6 Å². The summed E-state index contributed by atoms with van der Waals surface area (Å²) in [5, 5.41) is 3.97. The fourth-order valence-electron chi connectivity index (χ4n) is 1.87. The van der Waals surface area contributed by atoms with E-state index in [4.69, 9.17) is 0 Å². The fraction of sp³-hybridized carbons (Fsp3) is 0.235. The lowest BCUT2D eigenvalue weighted by molar-refractivity contribution is -0.120. The molecular weight excluding hydrogens is 262 g/mol. The van der Waals surface area contributed by atoms with Crippen molar-refractivity contribution in [2.24, 2.45) is 5.10 Å². The highest BCUT2D eigenvalue weighted by molar-refractivity contribution is 5.83. The van der Waals surface area contributed by atoms with Gasteiger partial charge in [-0.1, -0.05) is 44.2 Å². The lowest BCUT2D eigenvalue weighted by atomic mass is 10.0. The summed E-state index contributed by atoms with van der Waals surface area (Å²) in [6.45, 7) is 4.31. The number of hydrazone groups is 1. The van der Waals surface area contributed by atoms with Gasteiger partial charge < -0.3 is 0 Å². The summed E-state index contributed by atoms with van der Waals surface area (Å²) < 4.78 is 0. The number of hydrogen-bond donors (Lipinski definition) is 1. The van der Waals surface area contributed by atoms with Crippen molar-refractivity contribution < 1.29 is 4.79 Å². The quantitative estimate of drug-likeness (QED) is 0.676. The summed E-state index contributed by atoms with van der Waals surface area (Å²) in [6.07, 6.45) is 5.27. The molecule has 1 N–H and O–H groups in total. The lowest BCUT2D eigenvalue weighted by Crippen LogP contribution is -2.19. The first-order valence-corrected chi connectivity index (χ1v) is 6.96. The Balaban J connectivity index is 1.86. The van der Waals surface area contributed by atoms with Crippen molar-refractivity contribution in [3.63, 3.8) is 0 Å². The van der Waals surface area contributed by atoms with Gasteiger partial charge in [0.2, 0.25) is 5.91 Å². The molecule has 21 heavy (non-hydrogen) atoms. The normalized spacial score (nSPS) is 11.0. The number of rotatable bonds is 5. The molecule has 108 valence electrons. The summed E-state index contributed by atoms with van der Waals surface area (Å²) in [7, 11) is 0. The summed E-state index contributed by atoms with van der Waals surface area (Å²) >= 11 is 0. The number of aromatic nitrogens is 1. The van der Waals surface area contributed by atoms with E-state index in [9.17, 15) is 4.79 Å². The Kier molecular flexibility index (Phi) is 5.21. The Labute approximate surface area is 124 Å². The van der Waals surface area contributed by atoms with Gasteiger partial charge >= 0.3 is 0 Å². The molecule has 2 aromatic rings. The van der Waals surface area contributed by atoms with Gasteiger partial charge in [-0.2, -0.15) is 5.10 Å². The van der Waals surface area contributed by atoms with Crippen LogP contribution in [0.15, 0.2) is 53.9 Å². The highest BCUT2D eigenvalue weighted by Gasteiger charge is 2.01. The molecule has 0 aliphatic heterocycles. The second-order valence-corrected chi connectivity index (χ2v) is 5.15. The van der Waals surface area contributed by atoms with Crippen LogP contribution in [0.1, 0.15) is 36.5 Å². The van der Waals surface area contributed by atoms with Gasteiger partial charge in [-0.25, -0.2) is 5.43 Å². The van der Waals surface area contributed by atoms with E-state index in [2.05, 4.69) is 41.5 Å². The largest absolute Gasteiger partial charge is 0.273 e. The maximum atomic E-state index is 11.7. The van der Waals surface area contributed by atoms with Crippen molar-refractivity contribution in [1.82, 2.24) is 10.4 Å². The monoisotopic (exact) mass is 281 g/mol. The van der Waals surface area contributed by atoms with E-state index in [0.29, 0.717) is 5.92 Å². The van der Waals surface area contributed by atoms with Crippen LogP contribution >= 0.6 is 0 Å². The van der Waals surface area contributed by atoms with Crippen LogP contribution in [-0.4, -0.2) is 17.1 Å². The van der Waals surface area contributed by atoms with Gasteiger partial charge in [0.25, 0.3) is 0 Å². The molecule has 4 heteroatoms. The molecule has 0 bridgehead atoms. The van der Waals surface area contributed by atoms with E-state index >= 15 is 0 Å². The van der Waals surface area contributed by atoms with Crippen molar-refractivity contribution >= 4 is 12.1 Å². The van der Waals surface area contributed by atoms with Crippen molar-refractivity contribution in [2.75, 3.05) is 0 Å². The summed E-state index contributed by atoms with van der Waals surface area (Å²) in [4.78, 5) is 15.7. The lowest BCUT2D eigenvalue weighted by Gasteiger charge is -2.04. The van der Waals surface area contributed by atoms with Crippen LogP contribution in [0.25, 0.3) is 0 Å². The van der Waals surface area contributed by atoms with Crippen LogP contribution in [-0.2, 0) is 11.2 Å². The third kappa shape index (κ3) is 4.84. The first-order valence-electron chi connectivity index (χ1n) is 6.96. The molecule has 0 aliphatic carbocycles. The van der Waals surface area contributed by atoms with Crippen LogP contribution in [0.2, 0.25) is 0 Å². The number of pyridine rings is 1. The molecule has 1 aromatic heterocycles. The minimum Gasteiger partial charge on any atom is -0.273 e. The average molecular weight is 281 g/mol. The highest BCUT2D eigenvalue weighted by atomic mass is 16.2. The molecule has 1 heterocycles. The molecule has 0 atom stereocenters. The molecule has 4 nitrogen and oxygen atoms in total. The topological polar surface area (TPSA) is 54.4 Å². The standard InChI is InChI=1S/C17H19N3O/c1-13(2)16-7-5-14(6-8-16)12-19-20-17(21)10-15-4-3-9-18-11-15/h3-9,11-13H,10H2,1-2H3,(H,20,21)/b19-12+. The van der Waals surface area contributed by atoms with Crippen molar-refractivity contribution in [1.29, 1.82) is 0 Å². The smallest absolute Gasteiger partial charge is 0.244 e. The van der Waals surface area contributed by atoms with Gasteiger partial charge in [-0.3, -0.25) is 9.78 Å². The number of carbonyl (C=O) groups is 1.